The summed E-state index contributed by atoms with van der Waals surface area (Å²) in [5.41, 5.74) is 0. The fourth-order valence-corrected chi connectivity index (χ4v) is 3.55. The van der Waals surface area contributed by atoms with Gasteiger partial charge in [-0.2, -0.15) is 0 Å². The van der Waals surface area contributed by atoms with E-state index in [1.54, 1.807) is 0 Å². The van der Waals surface area contributed by atoms with Crippen molar-refractivity contribution in [3.8, 4) is 0 Å². The SMILES string of the molecule is CC(CC(=O)N(C)CCC1CCOCC1)C1CCNCC1.Cl. The fraction of sp³-hybridized carbons (Fsp3) is 0.941. The van der Waals surface area contributed by atoms with E-state index in [2.05, 4.69) is 12.2 Å². The summed E-state index contributed by atoms with van der Waals surface area (Å²) < 4.78 is 5.39. The zero-order chi connectivity index (χ0) is 15.1. The van der Waals surface area contributed by atoms with Crippen LogP contribution in [-0.2, 0) is 9.53 Å². The van der Waals surface area contributed by atoms with Crippen molar-refractivity contribution >= 4 is 18.3 Å². The number of carbonyl (C=O) groups is 1. The van der Waals surface area contributed by atoms with Gasteiger partial charge < -0.3 is 15.0 Å². The first-order chi connectivity index (χ1) is 10.2. The Hall–Kier alpha value is -0.320. The van der Waals surface area contributed by atoms with Gasteiger partial charge in [0, 0.05) is 33.2 Å². The smallest absolute Gasteiger partial charge is 0.222 e. The summed E-state index contributed by atoms with van der Waals surface area (Å²) in [6.45, 7) is 7.18. The van der Waals surface area contributed by atoms with Crippen LogP contribution in [0.5, 0.6) is 0 Å². The van der Waals surface area contributed by atoms with Crippen molar-refractivity contribution in [3.63, 3.8) is 0 Å². The topological polar surface area (TPSA) is 41.6 Å². The van der Waals surface area contributed by atoms with Gasteiger partial charge in [0.15, 0.2) is 0 Å². The van der Waals surface area contributed by atoms with Gasteiger partial charge in [0.25, 0.3) is 0 Å². The van der Waals surface area contributed by atoms with Crippen LogP contribution in [0.15, 0.2) is 0 Å². The minimum absolute atomic E-state index is 0. The molecule has 4 nitrogen and oxygen atoms in total. The molecule has 2 aliphatic heterocycles. The van der Waals surface area contributed by atoms with Crippen LogP contribution in [0.1, 0.15) is 45.4 Å². The summed E-state index contributed by atoms with van der Waals surface area (Å²) in [5, 5.41) is 3.40. The predicted octanol–water partition coefficient (Wildman–Crippen LogP) is 2.71. The summed E-state index contributed by atoms with van der Waals surface area (Å²) in [6.07, 6.45) is 6.61. The van der Waals surface area contributed by atoms with E-state index in [-0.39, 0.29) is 12.4 Å². The number of rotatable bonds is 6. The third-order valence-corrected chi connectivity index (χ3v) is 5.32. The molecule has 5 heteroatoms. The fourth-order valence-electron chi connectivity index (χ4n) is 3.55. The normalized spacial score (nSPS) is 21.9. The van der Waals surface area contributed by atoms with E-state index in [1.165, 1.54) is 12.8 Å². The van der Waals surface area contributed by atoms with Crippen LogP contribution >= 0.6 is 12.4 Å². The second-order valence-electron chi connectivity index (χ2n) is 6.93. The second kappa shape index (κ2) is 10.5. The zero-order valence-electron chi connectivity index (χ0n) is 14.2. The number of halogens is 1. The van der Waals surface area contributed by atoms with Gasteiger partial charge in [-0.25, -0.2) is 0 Å². The maximum absolute atomic E-state index is 12.4. The third kappa shape index (κ3) is 6.43. The largest absolute Gasteiger partial charge is 0.381 e. The lowest BCUT2D eigenvalue weighted by Gasteiger charge is -2.30. The van der Waals surface area contributed by atoms with Crippen molar-refractivity contribution in [2.75, 3.05) is 39.9 Å². The Morgan fingerprint density at radius 2 is 1.86 bits per heavy atom. The first-order valence-corrected chi connectivity index (χ1v) is 8.69. The standard InChI is InChI=1S/C17H32N2O2.ClH/c1-14(16-3-8-18-9-4-16)13-17(20)19(2)10-5-15-6-11-21-12-7-15;/h14-16,18H,3-13H2,1-2H3;1H. The molecule has 0 saturated carbocycles. The first-order valence-electron chi connectivity index (χ1n) is 8.69. The summed E-state index contributed by atoms with van der Waals surface area (Å²) >= 11 is 0. The minimum Gasteiger partial charge on any atom is -0.381 e. The van der Waals surface area contributed by atoms with Crippen molar-refractivity contribution in [1.29, 1.82) is 0 Å². The number of hydrogen-bond acceptors (Lipinski definition) is 3. The molecule has 1 amide bonds. The number of hydrogen-bond donors (Lipinski definition) is 1. The Bertz CT molecular complexity index is 316. The van der Waals surface area contributed by atoms with Gasteiger partial charge in [-0.15, -0.1) is 12.4 Å². The van der Waals surface area contributed by atoms with E-state index in [1.807, 2.05) is 11.9 Å². The van der Waals surface area contributed by atoms with Crippen molar-refractivity contribution in [2.45, 2.75) is 45.4 Å². The Morgan fingerprint density at radius 1 is 1.23 bits per heavy atom. The summed E-state index contributed by atoms with van der Waals surface area (Å²) in [6, 6.07) is 0. The van der Waals surface area contributed by atoms with Crippen LogP contribution in [0, 0.1) is 17.8 Å². The van der Waals surface area contributed by atoms with Gasteiger partial charge in [-0.3, -0.25) is 4.79 Å². The Labute approximate surface area is 141 Å². The number of piperidine rings is 1. The highest BCUT2D eigenvalue weighted by molar-refractivity contribution is 5.85. The summed E-state index contributed by atoms with van der Waals surface area (Å²) in [7, 11) is 1.97. The van der Waals surface area contributed by atoms with E-state index in [9.17, 15) is 4.79 Å². The number of carbonyl (C=O) groups excluding carboxylic acids is 1. The lowest BCUT2D eigenvalue weighted by atomic mass is 9.84. The van der Waals surface area contributed by atoms with E-state index in [4.69, 9.17) is 4.74 Å². The summed E-state index contributed by atoms with van der Waals surface area (Å²) in [5.74, 6) is 2.31. The molecule has 0 aliphatic carbocycles. The highest BCUT2D eigenvalue weighted by Gasteiger charge is 2.23. The Balaban J connectivity index is 0.00000242. The molecule has 2 heterocycles. The van der Waals surface area contributed by atoms with Crippen LogP contribution in [0.4, 0.5) is 0 Å². The molecule has 0 spiro atoms. The van der Waals surface area contributed by atoms with Crippen LogP contribution in [0.3, 0.4) is 0 Å². The molecule has 2 saturated heterocycles. The molecule has 0 aromatic heterocycles. The zero-order valence-corrected chi connectivity index (χ0v) is 15.0. The maximum Gasteiger partial charge on any atom is 0.222 e. The number of amides is 1. The number of ether oxygens (including phenoxy) is 1. The molecule has 0 radical (unpaired) electrons. The predicted molar refractivity (Wildman–Crippen MR) is 92.4 cm³/mol. The molecular weight excluding hydrogens is 300 g/mol. The molecule has 0 aromatic carbocycles. The second-order valence-corrected chi connectivity index (χ2v) is 6.93. The average Bonchev–Trinajstić information content (AvgIpc) is 2.54. The third-order valence-electron chi connectivity index (χ3n) is 5.32. The Morgan fingerprint density at radius 3 is 2.50 bits per heavy atom. The van der Waals surface area contributed by atoms with E-state index < -0.39 is 0 Å². The lowest BCUT2D eigenvalue weighted by Crippen LogP contribution is -2.35. The molecule has 0 aromatic rings. The highest BCUT2D eigenvalue weighted by atomic mass is 35.5. The molecule has 22 heavy (non-hydrogen) atoms. The van der Waals surface area contributed by atoms with Crippen LogP contribution in [-0.4, -0.2) is 50.7 Å². The molecule has 2 rings (SSSR count). The number of nitrogens with one attached hydrogen (secondary N) is 1. The Kier molecular flexibility index (Phi) is 9.37. The molecule has 2 fully saturated rings. The molecule has 0 bridgehead atoms. The van der Waals surface area contributed by atoms with Crippen molar-refractivity contribution in [2.24, 2.45) is 17.8 Å². The van der Waals surface area contributed by atoms with Gasteiger partial charge >= 0.3 is 0 Å². The monoisotopic (exact) mass is 332 g/mol. The van der Waals surface area contributed by atoms with Crippen molar-refractivity contribution in [1.82, 2.24) is 10.2 Å². The van der Waals surface area contributed by atoms with Gasteiger partial charge in [-0.05, 0) is 62.9 Å². The van der Waals surface area contributed by atoms with E-state index in [0.717, 1.165) is 70.4 Å². The molecule has 1 atom stereocenters. The van der Waals surface area contributed by atoms with Crippen LogP contribution in [0.2, 0.25) is 0 Å². The van der Waals surface area contributed by atoms with Crippen LogP contribution in [0.25, 0.3) is 0 Å². The van der Waals surface area contributed by atoms with E-state index in [0.29, 0.717) is 11.8 Å². The van der Waals surface area contributed by atoms with Crippen molar-refractivity contribution in [3.05, 3.63) is 0 Å². The van der Waals surface area contributed by atoms with E-state index >= 15 is 0 Å². The van der Waals surface area contributed by atoms with Gasteiger partial charge in [-0.1, -0.05) is 6.92 Å². The van der Waals surface area contributed by atoms with Gasteiger partial charge in [0.05, 0.1) is 0 Å². The number of nitrogens with zero attached hydrogens (tertiary/aromatic N) is 1. The molecule has 1 unspecified atom stereocenters. The highest BCUT2D eigenvalue weighted by Crippen LogP contribution is 2.25. The lowest BCUT2D eigenvalue weighted by molar-refractivity contribution is -0.131. The summed E-state index contributed by atoms with van der Waals surface area (Å²) in [4.78, 5) is 14.3. The molecule has 130 valence electrons. The quantitative estimate of drug-likeness (QED) is 0.813. The van der Waals surface area contributed by atoms with Crippen LogP contribution < -0.4 is 5.32 Å². The minimum atomic E-state index is 0. The first kappa shape index (κ1) is 19.7. The van der Waals surface area contributed by atoms with Crippen molar-refractivity contribution < 1.29 is 9.53 Å². The molecule has 1 N–H and O–H groups in total. The molecular formula is C17H33ClN2O2. The average molecular weight is 333 g/mol. The van der Waals surface area contributed by atoms with Gasteiger partial charge in [0.1, 0.15) is 0 Å². The molecule has 2 aliphatic rings. The maximum atomic E-state index is 12.4. The van der Waals surface area contributed by atoms with Gasteiger partial charge in [0.2, 0.25) is 5.91 Å².